The maximum atomic E-state index is 11.5. The summed E-state index contributed by atoms with van der Waals surface area (Å²) in [7, 11) is 1.42. The number of thiophene rings is 1. The molecule has 0 bridgehead atoms. The van der Waals surface area contributed by atoms with E-state index in [2.05, 4.69) is 15.6 Å². The van der Waals surface area contributed by atoms with Crippen molar-refractivity contribution in [3.8, 4) is 0 Å². The summed E-state index contributed by atoms with van der Waals surface area (Å²) in [6.07, 6.45) is 9.79. The highest BCUT2D eigenvalue weighted by Gasteiger charge is 2.17. The monoisotopic (exact) mass is 274 g/mol. The highest BCUT2D eigenvalue weighted by Crippen LogP contribution is 2.32. The van der Waals surface area contributed by atoms with Crippen molar-refractivity contribution in [3.63, 3.8) is 0 Å². The standard InChI is InChI=1S/C14H14N2O2S/c1-18-14(17)13-7-11-6-10(2-3-12(11)19-13)8-16-5-4-15-9-16/h4-7,9H,2-3,8H2,1H3. The van der Waals surface area contributed by atoms with Crippen LogP contribution >= 0.6 is 11.3 Å². The van der Waals surface area contributed by atoms with Crippen LogP contribution < -0.4 is 0 Å². The first kappa shape index (κ1) is 12.2. The average molecular weight is 274 g/mol. The molecule has 5 heteroatoms. The summed E-state index contributed by atoms with van der Waals surface area (Å²) in [4.78, 5) is 17.5. The van der Waals surface area contributed by atoms with Crippen LogP contribution in [0.3, 0.4) is 0 Å². The molecule has 2 aromatic heterocycles. The van der Waals surface area contributed by atoms with Gasteiger partial charge in [-0.25, -0.2) is 9.78 Å². The summed E-state index contributed by atoms with van der Waals surface area (Å²) in [5, 5.41) is 0. The molecule has 3 rings (SSSR count). The first-order valence-corrected chi connectivity index (χ1v) is 6.94. The number of aryl methyl sites for hydroxylation is 1. The minimum atomic E-state index is -0.246. The van der Waals surface area contributed by atoms with Gasteiger partial charge in [0.05, 0.1) is 13.4 Å². The van der Waals surface area contributed by atoms with Crippen molar-refractivity contribution in [2.24, 2.45) is 0 Å². The van der Waals surface area contributed by atoms with Crippen LogP contribution in [0, 0.1) is 0 Å². The van der Waals surface area contributed by atoms with Gasteiger partial charge in [0, 0.05) is 23.8 Å². The number of rotatable bonds is 3. The van der Waals surface area contributed by atoms with Gasteiger partial charge in [-0.1, -0.05) is 6.08 Å². The van der Waals surface area contributed by atoms with E-state index in [1.807, 2.05) is 18.6 Å². The Bertz CT molecular complexity index is 626. The minimum absolute atomic E-state index is 0.246. The predicted octanol–water partition coefficient (Wildman–Crippen LogP) is 2.76. The lowest BCUT2D eigenvalue weighted by atomic mass is 9.98. The summed E-state index contributed by atoms with van der Waals surface area (Å²) in [6.45, 7) is 0.864. The van der Waals surface area contributed by atoms with Crippen molar-refractivity contribution in [1.82, 2.24) is 9.55 Å². The molecule has 0 spiro atoms. The third-order valence-corrected chi connectivity index (χ3v) is 4.40. The van der Waals surface area contributed by atoms with Crippen LogP contribution in [0.25, 0.3) is 6.08 Å². The minimum Gasteiger partial charge on any atom is -0.465 e. The van der Waals surface area contributed by atoms with Gasteiger partial charge in [-0.05, 0) is 30.0 Å². The molecule has 1 aliphatic carbocycles. The number of carbonyl (C=O) groups excluding carboxylic acids is 1. The summed E-state index contributed by atoms with van der Waals surface area (Å²) in [5.74, 6) is -0.246. The Kier molecular flexibility index (Phi) is 3.21. The molecule has 0 aliphatic heterocycles. The normalized spacial score (nSPS) is 13.8. The number of imidazole rings is 1. The Labute approximate surface area is 115 Å². The fourth-order valence-electron chi connectivity index (χ4n) is 2.27. The Balaban J connectivity index is 1.84. The Morgan fingerprint density at radius 2 is 2.42 bits per heavy atom. The maximum absolute atomic E-state index is 11.5. The molecule has 0 N–H and O–H groups in total. The van der Waals surface area contributed by atoms with E-state index in [0.717, 1.165) is 24.9 Å². The van der Waals surface area contributed by atoms with E-state index in [9.17, 15) is 4.79 Å². The number of allylic oxidation sites excluding steroid dienone is 1. The number of hydrogen-bond acceptors (Lipinski definition) is 4. The largest absolute Gasteiger partial charge is 0.465 e. The van der Waals surface area contributed by atoms with E-state index in [4.69, 9.17) is 4.74 Å². The van der Waals surface area contributed by atoms with E-state index < -0.39 is 0 Å². The molecule has 0 aromatic carbocycles. The summed E-state index contributed by atoms with van der Waals surface area (Å²) >= 11 is 1.54. The van der Waals surface area contributed by atoms with Crippen molar-refractivity contribution in [3.05, 3.63) is 45.7 Å². The summed E-state index contributed by atoms with van der Waals surface area (Å²) < 4.78 is 6.82. The van der Waals surface area contributed by atoms with Gasteiger partial charge < -0.3 is 9.30 Å². The van der Waals surface area contributed by atoms with Crippen molar-refractivity contribution >= 4 is 23.4 Å². The van der Waals surface area contributed by atoms with Gasteiger partial charge in [0.2, 0.25) is 0 Å². The zero-order chi connectivity index (χ0) is 13.2. The maximum Gasteiger partial charge on any atom is 0.348 e. The lowest BCUT2D eigenvalue weighted by Gasteiger charge is -2.13. The SMILES string of the molecule is COC(=O)c1cc2c(s1)CCC(Cn1ccnc1)=C2. The molecule has 0 fully saturated rings. The first-order valence-electron chi connectivity index (χ1n) is 6.12. The number of fused-ring (bicyclic) bond motifs is 1. The van der Waals surface area contributed by atoms with E-state index in [1.54, 1.807) is 6.20 Å². The van der Waals surface area contributed by atoms with Crippen molar-refractivity contribution in [1.29, 1.82) is 0 Å². The van der Waals surface area contributed by atoms with Crippen LogP contribution in [0.15, 0.2) is 30.4 Å². The van der Waals surface area contributed by atoms with E-state index >= 15 is 0 Å². The first-order chi connectivity index (χ1) is 9.26. The van der Waals surface area contributed by atoms with Crippen LogP contribution in [0.5, 0.6) is 0 Å². The number of nitrogens with zero attached hydrogens (tertiary/aromatic N) is 2. The van der Waals surface area contributed by atoms with Crippen LogP contribution in [0.2, 0.25) is 0 Å². The smallest absolute Gasteiger partial charge is 0.348 e. The van der Waals surface area contributed by atoms with Crippen molar-refractivity contribution in [2.75, 3.05) is 7.11 Å². The molecule has 0 atom stereocenters. The number of aromatic nitrogens is 2. The molecule has 0 radical (unpaired) electrons. The molecule has 2 heterocycles. The number of ether oxygens (including phenoxy) is 1. The predicted molar refractivity (Wildman–Crippen MR) is 74.2 cm³/mol. The van der Waals surface area contributed by atoms with Crippen LogP contribution in [0.4, 0.5) is 0 Å². The number of carbonyl (C=O) groups is 1. The third-order valence-electron chi connectivity index (χ3n) is 3.21. The molecular formula is C14H14N2O2S. The van der Waals surface area contributed by atoms with E-state index in [0.29, 0.717) is 4.88 Å². The molecular weight excluding hydrogens is 260 g/mol. The number of methoxy groups -OCH3 is 1. The summed E-state index contributed by atoms with van der Waals surface area (Å²) in [5.41, 5.74) is 2.52. The zero-order valence-corrected chi connectivity index (χ0v) is 11.4. The topological polar surface area (TPSA) is 44.1 Å². The second kappa shape index (κ2) is 5.01. The van der Waals surface area contributed by atoms with Crippen LogP contribution in [-0.2, 0) is 17.7 Å². The molecule has 0 amide bonds. The third kappa shape index (κ3) is 2.46. The quantitative estimate of drug-likeness (QED) is 0.808. The lowest BCUT2D eigenvalue weighted by molar-refractivity contribution is 0.0606. The highest BCUT2D eigenvalue weighted by molar-refractivity contribution is 7.14. The molecule has 19 heavy (non-hydrogen) atoms. The second-order valence-electron chi connectivity index (χ2n) is 4.52. The lowest BCUT2D eigenvalue weighted by Crippen LogP contribution is -2.03. The summed E-state index contributed by atoms with van der Waals surface area (Å²) in [6, 6.07) is 1.93. The van der Waals surface area contributed by atoms with Gasteiger partial charge in [0.25, 0.3) is 0 Å². The fourth-order valence-corrected chi connectivity index (χ4v) is 3.33. The van der Waals surface area contributed by atoms with Crippen molar-refractivity contribution in [2.45, 2.75) is 19.4 Å². The molecule has 0 saturated carbocycles. The molecule has 98 valence electrons. The molecule has 2 aromatic rings. The Morgan fingerprint density at radius 1 is 1.53 bits per heavy atom. The molecule has 1 aliphatic rings. The van der Waals surface area contributed by atoms with Gasteiger partial charge in [-0.3, -0.25) is 0 Å². The van der Waals surface area contributed by atoms with Gasteiger partial charge in [0.15, 0.2) is 0 Å². The second-order valence-corrected chi connectivity index (χ2v) is 5.66. The molecule has 0 saturated heterocycles. The average Bonchev–Trinajstić information content (AvgIpc) is 3.06. The van der Waals surface area contributed by atoms with Crippen molar-refractivity contribution < 1.29 is 9.53 Å². The molecule has 0 unspecified atom stereocenters. The van der Waals surface area contributed by atoms with Gasteiger partial charge in [-0.2, -0.15) is 0 Å². The van der Waals surface area contributed by atoms with Crippen LogP contribution in [-0.4, -0.2) is 22.6 Å². The zero-order valence-electron chi connectivity index (χ0n) is 10.6. The van der Waals surface area contributed by atoms with E-state index in [1.165, 1.54) is 28.9 Å². The van der Waals surface area contributed by atoms with Crippen LogP contribution in [0.1, 0.15) is 26.5 Å². The fraction of sp³-hybridized carbons (Fsp3) is 0.286. The van der Waals surface area contributed by atoms with Gasteiger partial charge >= 0.3 is 5.97 Å². The van der Waals surface area contributed by atoms with E-state index in [-0.39, 0.29) is 5.97 Å². The Hall–Kier alpha value is -1.88. The van der Waals surface area contributed by atoms with Gasteiger partial charge in [-0.15, -0.1) is 11.3 Å². The number of esters is 1. The Morgan fingerprint density at radius 3 is 3.16 bits per heavy atom. The van der Waals surface area contributed by atoms with Gasteiger partial charge in [0.1, 0.15) is 4.88 Å². The highest BCUT2D eigenvalue weighted by atomic mass is 32.1. The molecule has 4 nitrogen and oxygen atoms in total. The number of hydrogen-bond donors (Lipinski definition) is 0.